The molecule has 0 bridgehead atoms. The van der Waals surface area contributed by atoms with Gasteiger partial charge in [0, 0.05) is 11.8 Å². The predicted octanol–water partition coefficient (Wildman–Crippen LogP) is 4.25. The topological polar surface area (TPSA) is 83.8 Å². The van der Waals surface area contributed by atoms with Gasteiger partial charge in [0.15, 0.2) is 11.9 Å². The minimum absolute atomic E-state index is 0.0102. The Morgan fingerprint density at radius 1 is 0.897 bits per heavy atom. The standard InChI is InChI=1S/C24H26O5/c1-3-17(15-11-7-5-8-12-15)19-21(26)22(27)23(29-24(19)28)18(4-2)20(25)16-13-9-6-10-14-16/h5-14,17-18,20,23,25-26H,3-4H2,1-2H3/t17-,18+,20-,23?/m0/s1. The summed E-state index contributed by atoms with van der Waals surface area (Å²) >= 11 is 0. The molecule has 0 saturated carbocycles. The number of carbonyl (C=O) groups excluding carboxylic acids is 2. The summed E-state index contributed by atoms with van der Waals surface area (Å²) in [6.45, 7) is 3.70. The molecule has 1 heterocycles. The second kappa shape index (κ2) is 9.05. The SMILES string of the molecule is CC[C@H](C1=C(O)C(=O)C([C@H](CC)[C@@H](O)c2ccccc2)OC1=O)c1ccccc1. The molecular weight excluding hydrogens is 368 g/mol. The summed E-state index contributed by atoms with van der Waals surface area (Å²) in [6.07, 6.45) is -1.29. The van der Waals surface area contributed by atoms with Crippen molar-refractivity contribution in [2.45, 2.75) is 44.8 Å². The zero-order chi connectivity index (χ0) is 21.0. The van der Waals surface area contributed by atoms with E-state index in [1.807, 2.05) is 50.2 Å². The highest BCUT2D eigenvalue weighted by molar-refractivity contribution is 6.09. The molecule has 0 amide bonds. The van der Waals surface area contributed by atoms with Crippen molar-refractivity contribution in [2.24, 2.45) is 5.92 Å². The number of benzene rings is 2. The van der Waals surface area contributed by atoms with Crippen LogP contribution in [0, 0.1) is 5.92 Å². The molecule has 5 nitrogen and oxygen atoms in total. The lowest BCUT2D eigenvalue weighted by molar-refractivity contribution is -0.161. The van der Waals surface area contributed by atoms with Gasteiger partial charge >= 0.3 is 5.97 Å². The minimum atomic E-state index is -1.22. The van der Waals surface area contributed by atoms with E-state index in [0.717, 1.165) is 5.56 Å². The summed E-state index contributed by atoms with van der Waals surface area (Å²) in [6, 6.07) is 18.2. The highest BCUT2D eigenvalue weighted by atomic mass is 16.6. The number of ketones is 1. The Bertz CT molecular complexity index is 888. The van der Waals surface area contributed by atoms with Gasteiger partial charge in [-0.3, -0.25) is 4.79 Å². The van der Waals surface area contributed by atoms with Crippen LogP contribution in [0.25, 0.3) is 0 Å². The molecule has 0 spiro atoms. The summed E-state index contributed by atoms with van der Waals surface area (Å²) in [7, 11) is 0. The maximum Gasteiger partial charge on any atom is 0.339 e. The minimum Gasteiger partial charge on any atom is -0.504 e. The summed E-state index contributed by atoms with van der Waals surface area (Å²) < 4.78 is 5.52. The number of Topliss-reactive ketones (excluding diaryl/α,β-unsaturated/α-hetero) is 1. The first-order valence-corrected chi connectivity index (χ1v) is 9.95. The van der Waals surface area contributed by atoms with Crippen LogP contribution in [0.5, 0.6) is 0 Å². The van der Waals surface area contributed by atoms with E-state index in [2.05, 4.69) is 0 Å². The van der Waals surface area contributed by atoms with Crippen LogP contribution in [0.2, 0.25) is 0 Å². The fourth-order valence-corrected chi connectivity index (χ4v) is 3.98. The highest BCUT2D eigenvalue weighted by Crippen LogP contribution is 2.38. The molecule has 29 heavy (non-hydrogen) atoms. The van der Waals surface area contributed by atoms with Gasteiger partial charge in [-0.1, -0.05) is 74.5 Å². The van der Waals surface area contributed by atoms with Gasteiger partial charge in [-0.15, -0.1) is 0 Å². The van der Waals surface area contributed by atoms with Crippen molar-refractivity contribution >= 4 is 11.8 Å². The molecule has 2 aromatic carbocycles. The van der Waals surface area contributed by atoms with Crippen LogP contribution >= 0.6 is 0 Å². The van der Waals surface area contributed by atoms with Crippen LogP contribution in [0.15, 0.2) is 72.0 Å². The monoisotopic (exact) mass is 394 g/mol. The number of aliphatic hydroxyl groups excluding tert-OH is 2. The summed E-state index contributed by atoms with van der Waals surface area (Å²) in [5.74, 6) is -3.01. The maximum absolute atomic E-state index is 13.0. The Balaban J connectivity index is 1.94. The van der Waals surface area contributed by atoms with Crippen molar-refractivity contribution in [1.29, 1.82) is 0 Å². The van der Waals surface area contributed by atoms with E-state index in [1.165, 1.54) is 0 Å². The first-order valence-electron chi connectivity index (χ1n) is 9.95. The fraction of sp³-hybridized carbons (Fsp3) is 0.333. The zero-order valence-corrected chi connectivity index (χ0v) is 16.6. The van der Waals surface area contributed by atoms with Crippen LogP contribution in [0.1, 0.15) is 49.8 Å². The second-order valence-corrected chi connectivity index (χ2v) is 7.25. The molecule has 152 valence electrons. The van der Waals surface area contributed by atoms with Crippen molar-refractivity contribution < 1.29 is 24.5 Å². The quantitative estimate of drug-likeness (QED) is 0.686. The highest BCUT2D eigenvalue weighted by Gasteiger charge is 2.45. The van der Waals surface area contributed by atoms with Gasteiger partial charge < -0.3 is 14.9 Å². The third kappa shape index (κ3) is 4.10. The summed E-state index contributed by atoms with van der Waals surface area (Å²) in [5, 5.41) is 21.5. The number of ether oxygens (including phenoxy) is 1. The molecule has 0 saturated heterocycles. The summed E-state index contributed by atoms with van der Waals surface area (Å²) in [4.78, 5) is 25.8. The number of hydrogen-bond donors (Lipinski definition) is 2. The Hall–Kier alpha value is -2.92. The summed E-state index contributed by atoms with van der Waals surface area (Å²) in [5.41, 5.74) is 1.45. The van der Waals surface area contributed by atoms with Crippen molar-refractivity contribution in [3.05, 3.63) is 83.1 Å². The number of aliphatic hydroxyl groups is 2. The number of rotatable bonds is 7. The number of carbonyl (C=O) groups is 2. The van der Waals surface area contributed by atoms with Gasteiger partial charge in [0.2, 0.25) is 5.78 Å². The molecular formula is C24H26O5. The Morgan fingerprint density at radius 2 is 1.45 bits per heavy atom. The van der Waals surface area contributed by atoms with Gasteiger partial charge in [0.25, 0.3) is 0 Å². The molecule has 5 heteroatoms. The smallest absolute Gasteiger partial charge is 0.339 e. The maximum atomic E-state index is 13.0. The van der Waals surface area contributed by atoms with Crippen molar-refractivity contribution in [3.63, 3.8) is 0 Å². The van der Waals surface area contributed by atoms with Crippen LogP contribution < -0.4 is 0 Å². The molecule has 2 aromatic rings. The van der Waals surface area contributed by atoms with E-state index in [9.17, 15) is 19.8 Å². The Labute approximate surface area is 170 Å². The second-order valence-electron chi connectivity index (χ2n) is 7.25. The van der Waals surface area contributed by atoms with E-state index in [0.29, 0.717) is 18.4 Å². The number of cyclic esters (lactones) is 1. The molecule has 1 aliphatic rings. The molecule has 4 atom stereocenters. The third-order valence-corrected chi connectivity index (χ3v) is 5.57. The Morgan fingerprint density at radius 3 is 1.97 bits per heavy atom. The van der Waals surface area contributed by atoms with E-state index in [4.69, 9.17) is 4.74 Å². The van der Waals surface area contributed by atoms with Crippen LogP contribution in [0.4, 0.5) is 0 Å². The van der Waals surface area contributed by atoms with Gasteiger partial charge in [-0.25, -0.2) is 4.79 Å². The van der Waals surface area contributed by atoms with Gasteiger partial charge in [0.05, 0.1) is 11.7 Å². The first kappa shape index (κ1) is 20.8. The molecule has 0 aromatic heterocycles. The van der Waals surface area contributed by atoms with E-state index >= 15 is 0 Å². The predicted molar refractivity (Wildman–Crippen MR) is 109 cm³/mol. The lowest BCUT2D eigenvalue weighted by Crippen LogP contribution is -2.43. The number of hydrogen-bond acceptors (Lipinski definition) is 5. The lowest BCUT2D eigenvalue weighted by atomic mass is 9.81. The average Bonchev–Trinajstić information content (AvgIpc) is 2.76. The molecule has 2 N–H and O–H groups in total. The number of esters is 1. The van der Waals surface area contributed by atoms with Gasteiger partial charge in [0.1, 0.15) is 0 Å². The third-order valence-electron chi connectivity index (χ3n) is 5.57. The van der Waals surface area contributed by atoms with E-state index in [-0.39, 0.29) is 5.57 Å². The van der Waals surface area contributed by atoms with Gasteiger partial charge in [-0.05, 0) is 24.0 Å². The molecule has 1 aliphatic heterocycles. The van der Waals surface area contributed by atoms with Crippen LogP contribution in [-0.4, -0.2) is 28.1 Å². The first-order chi connectivity index (χ1) is 14.0. The molecule has 0 aliphatic carbocycles. The molecule has 1 unspecified atom stereocenters. The van der Waals surface area contributed by atoms with E-state index < -0.39 is 41.6 Å². The average molecular weight is 394 g/mol. The van der Waals surface area contributed by atoms with Gasteiger partial charge in [-0.2, -0.15) is 0 Å². The van der Waals surface area contributed by atoms with Crippen LogP contribution in [-0.2, 0) is 14.3 Å². The van der Waals surface area contributed by atoms with E-state index in [1.54, 1.807) is 24.3 Å². The van der Waals surface area contributed by atoms with Crippen molar-refractivity contribution in [3.8, 4) is 0 Å². The Kier molecular flexibility index (Phi) is 6.49. The lowest BCUT2D eigenvalue weighted by Gasteiger charge is -2.33. The van der Waals surface area contributed by atoms with Crippen molar-refractivity contribution in [2.75, 3.05) is 0 Å². The normalized spacial score (nSPS) is 20.2. The zero-order valence-electron chi connectivity index (χ0n) is 16.6. The fourth-order valence-electron chi connectivity index (χ4n) is 3.98. The molecule has 3 rings (SSSR count). The molecule has 0 fully saturated rings. The van der Waals surface area contributed by atoms with Crippen molar-refractivity contribution in [1.82, 2.24) is 0 Å². The largest absolute Gasteiger partial charge is 0.504 e. The van der Waals surface area contributed by atoms with Crippen LogP contribution in [0.3, 0.4) is 0 Å². The molecule has 0 radical (unpaired) electrons.